The van der Waals surface area contributed by atoms with E-state index in [4.69, 9.17) is 0 Å². The van der Waals surface area contributed by atoms with E-state index in [2.05, 4.69) is 31.2 Å². The zero-order valence-corrected chi connectivity index (χ0v) is 17.3. The number of hydrogen-bond acceptors (Lipinski definition) is 1. The van der Waals surface area contributed by atoms with Crippen molar-refractivity contribution >= 4 is 10.8 Å². The largest absolute Gasteiger partial charge is 0.508 e. The second-order valence-corrected chi connectivity index (χ2v) is 8.70. The Labute approximate surface area is 173 Å². The molecule has 1 aliphatic rings. The van der Waals surface area contributed by atoms with E-state index < -0.39 is 0 Å². The van der Waals surface area contributed by atoms with Crippen LogP contribution >= 0.6 is 0 Å². The van der Waals surface area contributed by atoms with Crippen molar-refractivity contribution in [2.75, 3.05) is 0 Å². The number of phenols is 1. The molecule has 1 N–H and O–H groups in total. The second-order valence-electron chi connectivity index (χ2n) is 8.70. The van der Waals surface area contributed by atoms with Crippen molar-refractivity contribution in [1.82, 2.24) is 0 Å². The monoisotopic (exact) mass is 390 g/mol. The van der Waals surface area contributed by atoms with Crippen molar-refractivity contribution in [3.8, 4) is 16.9 Å². The summed E-state index contributed by atoms with van der Waals surface area (Å²) in [6.07, 6.45) is 10.8. The van der Waals surface area contributed by atoms with Gasteiger partial charge in [0.15, 0.2) is 0 Å². The van der Waals surface area contributed by atoms with Gasteiger partial charge >= 0.3 is 0 Å². The first kappa shape index (κ1) is 19.9. The first-order valence-electron chi connectivity index (χ1n) is 11.2. The molecule has 3 aromatic rings. The van der Waals surface area contributed by atoms with Crippen LogP contribution in [-0.4, -0.2) is 5.11 Å². The topological polar surface area (TPSA) is 20.2 Å². The van der Waals surface area contributed by atoms with E-state index in [-0.39, 0.29) is 11.6 Å². The smallest absolute Gasteiger partial charge is 0.131 e. The number of fused-ring (bicyclic) bond motifs is 1. The van der Waals surface area contributed by atoms with Crippen LogP contribution in [0.5, 0.6) is 5.75 Å². The van der Waals surface area contributed by atoms with Gasteiger partial charge in [0.25, 0.3) is 0 Å². The molecule has 0 atom stereocenters. The lowest BCUT2D eigenvalue weighted by molar-refractivity contribution is 0.303. The predicted octanol–water partition coefficient (Wildman–Crippen LogP) is 8.21. The number of unbranched alkanes of at least 4 members (excludes halogenated alkanes) is 2. The molecule has 29 heavy (non-hydrogen) atoms. The molecular formula is C27H31FO. The maximum absolute atomic E-state index is 14.5. The SMILES string of the molecule is CCCCCC1CCC(c2ccc(-c3cc(F)c4cc(O)ccc4c3)cc2)CC1. The van der Waals surface area contributed by atoms with Gasteiger partial charge in [-0.2, -0.15) is 0 Å². The summed E-state index contributed by atoms with van der Waals surface area (Å²) in [6, 6.07) is 17.1. The summed E-state index contributed by atoms with van der Waals surface area (Å²) in [6.45, 7) is 2.28. The van der Waals surface area contributed by atoms with Gasteiger partial charge in [-0.05, 0) is 83.9 Å². The minimum Gasteiger partial charge on any atom is -0.508 e. The minimum absolute atomic E-state index is 0.0913. The van der Waals surface area contributed by atoms with E-state index in [1.165, 1.54) is 63.0 Å². The van der Waals surface area contributed by atoms with Gasteiger partial charge in [0.1, 0.15) is 11.6 Å². The lowest BCUT2D eigenvalue weighted by Gasteiger charge is -2.29. The van der Waals surface area contributed by atoms with E-state index in [1.807, 2.05) is 6.07 Å². The quantitative estimate of drug-likeness (QED) is 0.420. The zero-order valence-electron chi connectivity index (χ0n) is 17.3. The molecule has 0 bridgehead atoms. The van der Waals surface area contributed by atoms with Crippen LogP contribution < -0.4 is 0 Å². The standard InChI is InChI=1S/C27H31FO/c1-2-3-4-5-19-6-8-20(9-7-19)21-10-12-22(13-11-21)24-16-23-14-15-25(29)18-26(23)27(28)17-24/h10-20,29H,2-9H2,1H3. The third-order valence-electron chi connectivity index (χ3n) is 6.67. The number of aromatic hydroxyl groups is 1. The van der Waals surface area contributed by atoms with Crippen LogP contribution in [0.2, 0.25) is 0 Å². The Kier molecular flexibility index (Phi) is 6.18. The molecule has 3 aromatic carbocycles. The van der Waals surface area contributed by atoms with Gasteiger partial charge in [-0.15, -0.1) is 0 Å². The molecule has 1 saturated carbocycles. The van der Waals surface area contributed by atoms with Crippen LogP contribution in [-0.2, 0) is 0 Å². The van der Waals surface area contributed by atoms with Crippen LogP contribution in [0.1, 0.15) is 69.8 Å². The molecule has 0 amide bonds. The van der Waals surface area contributed by atoms with E-state index >= 15 is 0 Å². The molecule has 0 aliphatic heterocycles. The molecule has 152 valence electrons. The van der Waals surface area contributed by atoms with Crippen LogP contribution in [0.3, 0.4) is 0 Å². The summed E-state index contributed by atoms with van der Waals surface area (Å²) in [5.41, 5.74) is 3.34. The number of benzene rings is 3. The first-order valence-corrected chi connectivity index (χ1v) is 11.2. The van der Waals surface area contributed by atoms with Gasteiger partial charge in [-0.25, -0.2) is 4.39 Å². The van der Waals surface area contributed by atoms with Crippen LogP contribution in [0.25, 0.3) is 21.9 Å². The van der Waals surface area contributed by atoms with Gasteiger partial charge in [0.2, 0.25) is 0 Å². The van der Waals surface area contributed by atoms with Crippen LogP contribution in [0, 0.1) is 11.7 Å². The molecule has 0 spiro atoms. The molecule has 1 nitrogen and oxygen atoms in total. The van der Waals surface area contributed by atoms with Gasteiger partial charge in [0.05, 0.1) is 0 Å². The predicted molar refractivity (Wildman–Crippen MR) is 120 cm³/mol. The maximum atomic E-state index is 14.5. The molecule has 2 heteroatoms. The van der Waals surface area contributed by atoms with Crippen molar-refractivity contribution in [2.24, 2.45) is 5.92 Å². The van der Waals surface area contributed by atoms with Crippen molar-refractivity contribution in [1.29, 1.82) is 0 Å². The Morgan fingerprint density at radius 3 is 2.34 bits per heavy atom. The van der Waals surface area contributed by atoms with Gasteiger partial charge in [0, 0.05) is 5.39 Å². The second kappa shape index (κ2) is 8.98. The Bertz CT molecular complexity index is 952. The summed E-state index contributed by atoms with van der Waals surface area (Å²) in [4.78, 5) is 0. The Morgan fingerprint density at radius 1 is 0.862 bits per heavy atom. The lowest BCUT2D eigenvalue weighted by atomic mass is 9.77. The highest BCUT2D eigenvalue weighted by Gasteiger charge is 2.22. The average Bonchev–Trinajstić information content (AvgIpc) is 2.75. The number of rotatable bonds is 6. The third-order valence-corrected chi connectivity index (χ3v) is 6.67. The van der Waals surface area contributed by atoms with Crippen molar-refractivity contribution in [2.45, 2.75) is 64.2 Å². The lowest BCUT2D eigenvalue weighted by Crippen LogP contribution is -2.13. The minimum atomic E-state index is -0.293. The highest BCUT2D eigenvalue weighted by Crippen LogP contribution is 2.38. The molecule has 0 radical (unpaired) electrons. The Morgan fingerprint density at radius 2 is 1.62 bits per heavy atom. The molecular weight excluding hydrogens is 359 g/mol. The summed E-state index contributed by atoms with van der Waals surface area (Å²) >= 11 is 0. The van der Waals surface area contributed by atoms with E-state index in [9.17, 15) is 9.50 Å². The number of phenolic OH excluding ortho intramolecular Hbond substituents is 1. The van der Waals surface area contributed by atoms with Crippen molar-refractivity contribution in [3.05, 3.63) is 66.0 Å². The highest BCUT2D eigenvalue weighted by molar-refractivity contribution is 5.89. The molecule has 0 heterocycles. The Balaban J connectivity index is 1.45. The Hall–Kier alpha value is -2.35. The van der Waals surface area contributed by atoms with Crippen LogP contribution in [0.15, 0.2) is 54.6 Å². The van der Waals surface area contributed by atoms with Crippen molar-refractivity contribution < 1.29 is 9.50 Å². The van der Waals surface area contributed by atoms with E-state index in [0.717, 1.165) is 22.4 Å². The highest BCUT2D eigenvalue weighted by atomic mass is 19.1. The first-order chi connectivity index (χ1) is 14.1. The van der Waals surface area contributed by atoms with E-state index in [1.54, 1.807) is 18.2 Å². The zero-order chi connectivity index (χ0) is 20.2. The van der Waals surface area contributed by atoms with Gasteiger partial charge < -0.3 is 5.11 Å². The molecule has 4 rings (SSSR count). The molecule has 0 aromatic heterocycles. The summed E-state index contributed by atoms with van der Waals surface area (Å²) in [5.74, 6) is 1.40. The maximum Gasteiger partial charge on any atom is 0.131 e. The summed E-state index contributed by atoms with van der Waals surface area (Å²) in [5, 5.41) is 10.9. The fourth-order valence-electron chi connectivity index (χ4n) is 4.88. The van der Waals surface area contributed by atoms with Gasteiger partial charge in [-0.3, -0.25) is 0 Å². The molecule has 0 unspecified atom stereocenters. The number of halogens is 1. The molecule has 1 fully saturated rings. The van der Waals surface area contributed by atoms with Gasteiger partial charge in [-0.1, -0.05) is 62.9 Å². The fourth-order valence-corrected chi connectivity index (χ4v) is 4.88. The summed E-state index contributed by atoms with van der Waals surface area (Å²) in [7, 11) is 0. The number of hydrogen-bond donors (Lipinski definition) is 1. The normalized spacial score (nSPS) is 19.5. The fraction of sp³-hybridized carbons (Fsp3) is 0.407. The average molecular weight is 391 g/mol. The molecule has 0 saturated heterocycles. The summed E-state index contributed by atoms with van der Waals surface area (Å²) < 4.78 is 14.5. The van der Waals surface area contributed by atoms with Crippen molar-refractivity contribution in [3.63, 3.8) is 0 Å². The molecule has 1 aliphatic carbocycles. The third kappa shape index (κ3) is 4.63. The van der Waals surface area contributed by atoms with E-state index in [0.29, 0.717) is 11.3 Å². The van der Waals surface area contributed by atoms with Crippen LogP contribution in [0.4, 0.5) is 4.39 Å².